The van der Waals surface area contributed by atoms with Crippen LogP contribution >= 0.6 is 0 Å². The summed E-state index contributed by atoms with van der Waals surface area (Å²) in [5, 5.41) is 2.96. The molecule has 1 aromatic heterocycles. The predicted octanol–water partition coefficient (Wildman–Crippen LogP) is 4.69. The van der Waals surface area contributed by atoms with Gasteiger partial charge in [-0.3, -0.25) is 9.78 Å². The molecule has 0 spiro atoms. The lowest BCUT2D eigenvalue weighted by molar-refractivity contribution is 0.0939. The first-order valence-electron chi connectivity index (χ1n) is 8.12. The Bertz CT molecular complexity index is 873. The molecule has 0 aliphatic rings. The van der Waals surface area contributed by atoms with Gasteiger partial charge in [-0.05, 0) is 43.7 Å². The van der Waals surface area contributed by atoms with Gasteiger partial charge in [-0.15, -0.1) is 0 Å². The highest BCUT2D eigenvalue weighted by Crippen LogP contribution is 2.19. The molecule has 1 heterocycles. The minimum atomic E-state index is -0.312. The van der Waals surface area contributed by atoms with Crippen LogP contribution in [-0.2, 0) is 0 Å². The Labute approximate surface area is 146 Å². The average molecular weight is 334 g/mol. The molecule has 0 bridgehead atoms. The molecule has 0 saturated heterocycles. The van der Waals surface area contributed by atoms with Crippen molar-refractivity contribution in [3.05, 3.63) is 89.4 Å². The highest BCUT2D eigenvalue weighted by molar-refractivity contribution is 5.94. The first-order chi connectivity index (χ1) is 12.0. The largest absolute Gasteiger partial charge is 0.345 e. The third-order valence-electron chi connectivity index (χ3n) is 4.07. The van der Waals surface area contributed by atoms with Crippen LogP contribution in [0.5, 0.6) is 0 Å². The summed E-state index contributed by atoms with van der Waals surface area (Å²) in [6.45, 7) is 3.97. The van der Waals surface area contributed by atoms with Gasteiger partial charge in [-0.2, -0.15) is 0 Å². The number of hydrogen-bond acceptors (Lipinski definition) is 2. The van der Waals surface area contributed by atoms with E-state index in [2.05, 4.69) is 10.3 Å². The zero-order valence-corrected chi connectivity index (χ0v) is 14.2. The third-order valence-corrected chi connectivity index (χ3v) is 4.07. The number of nitrogens with zero attached hydrogens (tertiary/aromatic N) is 1. The summed E-state index contributed by atoms with van der Waals surface area (Å²) in [5.74, 6) is -0.501. The molecule has 0 aliphatic heterocycles. The molecule has 1 unspecified atom stereocenters. The SMILES string of the molecule is Cc1ccc(C(C)NC(=O)c2ccc(-c3cccc(F)c3)nc2)cc1. The number of pyridine rings is 1. The molecular weight excluding hydrogens is 315 g/mol. The second-order valence-corrected chi connectivity index (χ2v) is 6.05. The summed E-state index contributed by atoms with van der Waals surface area (Å²) in [6, 6.07) is 17.6. The zero-order valence-electron chi connectivity index (χ0n) is 14.2. The Morgan fingerprint density at radius 1 is 1.08 bits per heavy atom. The lowest BCUT2D eigenvalue weighted by Crippen LogP contribution is -2.26. The van der Waals surface area contributed by atoms with Crippen molar-refractivity contribution in [1.29, 1.82) is 0 Å². The molecule has 4 heteroatoms. The highest BCUT2D eigenvalue weighted by atomic mass is 19.1. The molecule has 0 fully saturated rings. The Morgan fingerprint density at radius 3 is 2.48 bits per heavy atom. The van der Waals surface area contributed by atoms with Crippen molar-refractivity contribution in [2.24, 2.45) is 0 Å². The second-order valence-electron chi connectivity index (χ2n) is 6.05. The van der Waals surface area contributed by atoms with E-state index in [9.17, 15) is 9.18 Å². The van der Waals surface area contributed by atoms with Gasteiger partial charge in [0.1, 0.15) is 5.82 Å². The first-order valence-corrected chi connectivity index (χ1v) is 8.12. The number of benzene rings is 2. The Morgan fingerprint density at radius 2 is 1.84 bits per heavy atom. The predicted molar refractivity (Wildman–Crippen MR) is 96.7 cm³/mol. The summed E-state index contributed by atoms with van der Waals surface area (Å²) >= 11 is 0. The highest BCUT2D eigenvalue weighted by Gasteiger charge is 2.12. The lowest BCUT2D eigenvalue weighted by atomic mass is 10.1. The molecule has 2 aromatic carbocycles. The molecule has 1 atom stereocenters. The number of carbonyl (C=O) groups excluding carboxylic acids is 1. The van der Waals surface area contributed by atoms with Crippen LogP contribution in [0, 0.1) is 12.7 Å². The Kier molecular flexibility index (Phi) is 4.89. The molecular formula is C21H19FN2O. The monoisotopic (exact) mass is 334 g/mol. The van der Waals surface area contributed by atoms with E-state index in [0.29, 0.717) is 16.8 Å². The van der Waals surface area contributed by atoms with E-state index in [1.165, 1.54) is 23.9 Å². The summed E-state index contributed by atoms with van der Waals surface area (Å²) in [6.07, 6.45) is 1.51. The molecule has 0 radical (unpaired) electrons. The van der Waals surface area contributed by atoms with Crippen LogP contribution in [-0.4, -0.2) is 10.9 Å². The quantitative estimate of drug-likeness (QED) is 0.752. The van der Waals surface area contributed by atoms with Crippen molar-refractivity contribution in [2.75, 3.05) is 0 Å². The lowest BCUT2D eigenvalue weighted by Gasteiger charge is -2.14. The van der Waals surface area contributed by atoms with Gasteiger partial charge in [0, 0.05) is 11.8 Å². The van der Waals surface area contributed by atoms with Crippen molar-refractivity contribution in [2.45, 2.75) is 19.9 Å². The van der Waals surface area contributed by atoms with Gasteiger partial charge < -0.3 is 5.32 Å². The van der Waals surface area contributed by atoms with Crippen molar-refractivity contribution in [3.8, 4) is 11.3 Å². The smallest absolute Gasteiger partial charge is 0.253 e. The van der Waals surface area contributed by atoms with E-state index >= 15 is 0 Å². The summed E-state index contributed by atoms with van der Waals surface area (Å²) < 4.78 is 13.3. The minimum Gasteiger partial charge on any atom is -0.345 e. The number of hydrogen-bond donors (Lipinski definition) is 1. The topological polar surface area (TPSA) is 42.0 Å². The van der Waals surface area contributed by atoms with Crippen LogP contribution in [0.1, 0.15) is 34.5 Å². The molecule has 3 aromatic rings. The molecule has 1 amide bonds. The van der Waals surface area contributed by atoms with Crippen molar-refractivity contribution in [1.82, 2.24) is 10.3 Å². The van der Waals surface area contributed by atoms with Crippen molar-refractivity contribution < 1.29 is 9.18 Å². The van der Waals surface area contributed by atoms with Gasteiger partial charge in [0.05, 0.1) is 17.3 Å². The first kappa shape index (κ1) is 16.8. The number of carbonyl (C=O) groups is 1. The van der Waals surface area contributed by atoms with E-state index in [4.69, 9.17) is 0 Å². The summed E-state index contributed by atoms with van der Waals surface area (Å²) in [4.78, 5) is 16.7. The third kappa shape index (κ3) is 4.10. The Balaban J connectivity index is 1.71. The van der Waals surface area contributed by atoms with Gasteiger partial charge in [-0.25, -0.2) is 4.39 Å². The average Bonchev–Trinajstić information content (AvgIpc) is 2.62. The molecule has 3 nitrogen and oxygen atoms in total. The minimum absolute atomic E-state index is 0.101. The molecule has 0 saturated carbocycles. The molecule has 0 aliphatic carbocycles. The number of halogens is 1. The van der Waals surface area contributed by atoms with Crippen LogP contribution in [0.25, 0.3) is 11.3 Å². The molecule has 1 N–H and O–H groups in total. The molecule has 25 heavy (non-hydrogen) atoms. The van der Waals surface area contributed by atoms with Gasteiger partial charge in [0.2, 0.25) is 0 Å². The van der Waals surface area contributed by atoms with Gasteiger partial charge in [0.25, 0.3) is 5.91 Å². The standard InChI is InChI=1S/C21H19FN2O/c1-14-6-8-16(9-7-14)15(2)24-21(25)18-10-11-20(23-13-18)17-4-3-5-19(22)12-17/h3-13,15H,1-2H3,(H,24,25). The summed E-state index contributed by atoms with van der Waals surface area (Å²) in [7, 11) is 0. The van der Waals surface area contributed by atoms with Gasteiger partial charge in [-0.1, -0.05) is 42.0 Å². The molecule has 126 valence electrons. The van der Waals surface area contributed by atoms with E-state index in [0.717, 1.165) is 5.56 Å². The second kappa shape index (κ2) is 7.26. The van der Waals surface area contributed by atoms with E-state index in [1.807, 2.05) is 38.1 Å². The van der Waals surface area contributed by atoms with Crippen LogP contribution in [0.15, 0.2) is 66.9 Å². The van der Waals surface area contributed by atoms with Crippen LogP contribution in [0.3, 0.4) is 0 Å². The Hall–Kier alpha value is -3.01. The maximum Gasteiger partial charge on any atom is 0.253 e. The van der Waals surface area contributed by atoms with Gasteiger partial charge in [0.15, 0.2) is 0 Å². The number of rotatable bonds is 4. The van der Waals surface area contributed by atoms with E-state index < -0.39 is 0 Å². The molecule has 3 rings (SSSR count). The summed E-state index contributed by atoms with van der Waals surface area (Å²) in [5.41, 5.74) is 4.00. The normalized spacial score (nSPS) is 11.8. The van der Waals surface area contributed by atoms with E-state index in [1.54, 1.807) is 24.3 Å². The van der Waals surface area contributed by atoms with Crippen LogP contribution < -0.4 is 5.32 Å². The van der Waals surface area contributed by atoms with E-state index in [-0.39, 0.29) is 17.8 Å². The maximum atomic E-state index is 13.3. The van der Waals surface area contributed by atoms with Crippen LogP contribution in [0.2, 0.25) is 0 Å². The number of aryl methyl sites for hydroxylation is 1. The zero-order chi connectivity index (χ0) is 17.8. The van der Waals surface area contributed by atoms with Crippen molar-refractivity contribution >= 4 is 5.91 Å². The van der Waals surface area contributed by atoms with Crippen LogP contribution in [0.4, 0.5) is 4.39 Å². The number of amides is 1. The fourth-order valence-electron chi connectivity index (χ4n) is 2.57. The number of aromatic nitrogens is 1. The maximum absolute atomic E-state index is 13.3. The number of nitrogens with one attached hydrogen (secondary N) is 1. The van der Waals surface area contributed by atoms with Gasteiger partial charge >= 0.3 is 0 Å². The fourth-order valence-corrected chi connectivity index (χ4v) is 2.57. The van der Waals surface area contributed by atoms with Crippen molar-refractivity contribution in [3.63, 3.8) is 0 Å². The fraction of sp³-hybridized carbons (Fsp3) is 0.143.